The zero-order chi connectivity index (χ0) is 23.5. The van der Waals surface area contributed by atoms with Crippen molar-refractivity contribution in [2.75, 3.05) is 6.54 Å². The van der Waals surface area contributed by atoms with E-state index in [9.17, 15) is 14.4 Å². The molecule has 2 aromatic carbocycles. The van der Waals surface area contributed by atoms with Gasteiger partial charge in [-0.25, -0.2) is 4.79 Å². The van der Waals surface area contributed by atoms with Gasteiger partial charge in [-0.1, -0.05) is 46.6 Å². The number of carbonyl (C=O) groups excluding carboxylic acids is 1. The molecule has 0 atom stereocenters. The number of rotatable bonds is 6. The molecular weight excluding hydrogens is 448 g/mol. The van der Waals surface area contributed by atoms with Crippen LogP contribution in [0.2, 0.25) is 5.02 Å². The lowest BCUT2D eigenvalue weighted by Gasteiger charge is -2.08. The van der Waals surface area contributed by atoms with Crippen LogP contribution in [-0.2, 0) is 13.5 Å². The smallest absolute Gasteiger partial charge is 0.347 e. The van der Waals surface area contributed by atoms with Gasteiger partial charge in [0.2, 0.25) is 5.82 Å². The quantitative estimate of drug-likeness (QED) is 0.460. The Morgan fingerprint density at radius 2 is 1.79 bits per heavy atom. The van der Waals surface area contributed by atoms with Gasteiger partial charge in [0.25, 0.3) is 5.56 Å². The number of aromatic nitrogens is 5. The third kappa shape index (κ3) is 4.75. The number of amides is 1. The van der Waals surface area contributed by atoms with Gasteiger partial charge < -0.3 is 9.84 Å². The van der Waals surface area contributed by atoms with Crippen molar-refractivity contribution < 1.29 is 9.32 Å². The van der Waals surface area contributed by atoms with Crippen LogP contribution in [0.3, 0.4) is 0 Å². The number of benzene rings is 2. The summed E-state index contributed by atoms with van der Waals surface area (Å²) in [5.41, 5.74) is 0.904. The van der Waals surface area contributed by atoms with E-state index in [2.05, 4.69) is 20.6 Å². The molecule has 0 fully saturated rings. The van der Waals surface area contributed by atoms with Crippen molar-refractivity contribution in [1.29, 1.82) is 0 Å². The molecule has 33 heavy (non-hydrogen) atoms. The van der Waals surface area contributed by atoms with E-state index in [0.29, 0.717) is 23.7 Å². The minimum absolute atomic E-state index is 0.195. The minimum Gasteiger partial charge on any atom is -0.347 e. The second-order valence-electron chi connectivity index (χ2n) is 7.30. The van der Waals surface area contributed by atoms with Gasteiger partial charge >= 0.3 is 17.5 Å². The van der Waals surface area contributed by atoms with Gasteiger partial charge in [0.15, 0.2) is 5.69 Å². The van der Waals surface area contributed by atoms with E-state index < -0.39 is 17.2 Å². The van der Waals surface area contributed by atoms with E-state index in [4.69, 9.17) is 16.1 Å². The molecule has 0 aliphatic carbocycles. The predicted molar refractivity (Wildman–Crippen MR) is 121 cm³/mol. The van der Waals surface area contributed by atoms with Gasteiger partial charge in [-0.3, -0.25) is 14.2 Å². The van der Waals surface area contributed by atoms with E-state index in [1.807, 2.05) is 31.2 Å². The maximum absolute atomic E-state index is 12.6. The van der Waals surface area contributed by atoms with Crippen LogP contribution in [0.1, 0.15) is 21.8 Å². The summed E-state index contributed by atoms with van der Waals surface area (Å²) in [4.78, 5) is 41.5. The summed E-state index contributed by atoms with van der Waals surface area (Å²) in [5, 5.41) is 11.2. The van der Waals surface area contributed by atoms with Gasteiger partial charge in [-0.15, -0.1) is 0 Å². The van der Waals surface area contributed by atoms with Crippen molar-refractivity contribution in [1.82, 2.24) is 29.8 Å². The first kappa shape index (κ1) is 22.2. The molecule has 2 heterocycles. The molecule has 0 bridgehead atoms. The number of nitrogens with zero attached hydrogens (tertiary/aromatic N) is 5. The maximum Gasteiger partial charge on any atom is 0.351 e. The Hall–Kier alpha value is -4.05. The number of aryl methyl sites for hydroxylation is 1. The standard InChI is InChI=1S/C22H19ClN6O4/c1-13-3-9-16(10-4-13)29-22(32)28(2)21(31)17(26-29)18-25-20(33-27-18)19(30)24-12-11-14-5-7-15(23)8-6-14/h3-10H,11-12H2,1-2H3,(H,24,30). The Morgan fingerprint density at radius 3 is 2.48 bits per heavy atom. The molecule has 2 aromatic heterocycles. The average Bonchev–Trinajstić information content (AvgIpc) is 3.30. The SMILES string of the molecule is Cc1ccc(-n2nc(-c3noc(C(=O)NCCc4ccc(Cl)cc4)n3)c(=O)n(C)c2=O)cc1. The van der Waals surface area contributed by atoms with E-state index in [1.165, 1.54) is 7.05 Å². The highest BCUT2D eigenvalue weighted by Gasteiger charge is 2.21. The molecule has 0 radical (unpaired) electrons. The molecule has 0 aliphatic heterocycles. The summed E-state index contributed by atoms with van der Waals surface area (Å²) < 4.78 is 6.98. The summed E-state index contributed by atoms with van der Waals surface area (Å²) >= 11 is 5.86. The highest BCUT2D eigenvalue weighted by molar-refractivity contribution is 6.30. The Morgan fingerprint density at radius 1 is 1.09 bits per heavy atom. The summed E-state index contributed by atoms with van der Waals surface area (Å²) in [5.74, 6) is -1.11. The summed E-state index contributed by atoms with van der Waals surface area (Å²) in [6.45, 7) is 2.24. The molecule has 4 aromatic rings. The Balaban J connectivity index is 1.55. The van der Waals surface area contributed by atoms with E-state index in [-0.39, 0.29) is 17.4 Å². The van der Waals surface area contributed by atoms with Crippen LogP contribution in [0.4, 0.5) is 0 Å². The molecule has 0 spiro atoms. The predicted octanol–water partition coefficient (Wildman–Crippen LogP) is 1.92. The molecule has 11 heteroatoms. The first-order valence-corrected chi connectivity index (χ1v) is 10.4. The van der Waals surface area contributed by atoms with Crippen molar-refractivity contribution >= 4 is 17.5 Å². The zero-order valence-corrected chi connectivity index (χ0v) is 18.5. The molecular formula is C22H19ClN6O4. The average molecular weight is 467 g/mol. The largest absolute Gasteiger partial charge is 0.351 e. The third-order valence-corrected chi connectivity index (χ3v) is 5.15. The summed E-state index contributed by atoms with van der Waals surface area (Å²) in [6.07, 6.45) is 0.577. The van der Waals surface area contributed by atoms with Gasteiger partial charge in [-0.05, 0) is 43.2 Å². The Bertz CT molecular complexity index is 1420. The molecule has 1 N–H and O–H groups in total. The van der Waals surface area contributed by atoms with Crippen LogP contribution in [0.5, 0.6) is 0 Å². The first-order chi connectivity index (χ1) is 15.8. The summed E-state index contributed by atoms with van der Waals surface area (Å²) in [6, 6.07) is 14.3. The van der Waals surface area contributed by atoms with E-state index in [1.54, 1.807) is 24.3 Å². The second kappa shape index (κ2) is 9.21. The molecule has 0 aliphatic rings. The highest BCUT2D eigenvalue weighted by atomic mass is 35.5. The molecule has 0 saturated heterocycles. The fourth-order valence-corrected chi connectivity index (χ4v) is 3.15. The topological polar surface area (TPSA) is 125 Å². The van der Waals surface area contributed by atoms with Crippen LogP contribution < -0.4 is 16.6 Å². The molecule has 0 unspecified atom stereocenters. The molecule has 168 valence electrons. The van der Waals surface area contributed by atoms with E-state index in [0.717, 1.165) is 20.4 Å². The molecule has 1 amide bonds. The lowest BCUT2D eigenvalue weighted by molar-refractivity contribution is 0.0910. The van der Waals surface area contributed by atoms with Gasteiger partial charge in [0, 0.05) is 18.6 Å². The van der Waals surface area contributed by atoms with E-state index >= 15 is 0 Å². The summed E-state index contributed by atoms with van der Waals surface area (Å²) in [7, 11) is 1.32. The van der Waals surface area contributed by atoms with Crippen LogP contribution >= 0.6 is 11.6 Å². The van der Waals surface area contributed by atoms with Crippen LogP contribution in [0.25, 0.3) is 17.2 Å². The lowest BCUT2D eigenvalue weighted by atomic mass is 10.1. The molecule has 0 saturated carbocycles. The van der Waals surface area contributed by atoms with Crippen molar-refractivity contribution in [2.24, 2.45) is 7.05 Å². The number of hydrogen-bond acceptors (Lipinski definition) is 7. The maximum atomic E-state index is 12.6. The van der Waals surface area contributed by atoms with Gasteiger partial charge in [0.1, 0.15) is 0 Å². The monoisotopic (exact) mass is 466 g/mol. The van der Waals surface area contributed by atoms with Crippen molar-refractivity contribution in [2.45, 2.75) is 13.3 Å². The molecule has 10 nitrogen and oxygen atoms in total. The number of nitrogens with one attached hydrogen (secondary N) is 1. The van der Waals surface area contributed by atoms with Crippen molar-refractivity contribution in [3.05, 3.63) is 91.4 Å². The number of halogens is 1. The normalized spacial score (nSPS) is 10.9. The third-order valence-electron chi connectivity index (χ3n) is 4.90. The zero-order valence-electron chi connectivity index (χ0n) is 17.8. The highest BCUT2D eigenvalue weighted by Crippen LogP contribution is 2.11. The van der Waals surface area contributed by atoms with Crippen LogP contribution in [0, 0.1) is 6.92 Å². The second-order valence-corrected chi connectivity index (χ2v) is 7.73. The Kier molecular flexibility index (Phi) is 6.18. The van der Waals surface area contributed by atoms with Crippen molar-refractivity contribution in [3.63, 3.8) is 0 Å². The fourth-order valence-electron chi connectivity index (χ4n) is 3.03. The van der Waals surface area contributed by atoms with Gasteiger partial charge in [0.05, 0.1) is 5.69 Å². The number of hydrogen-bond donors (Lipinski definition) is 1. The minimum atomic E-state index is -0.709. The fraction of sp³-hybridized carbons (Fsp3) is 0.182. The van der Waals surface area contributed by atoms with Crippen molar-refractivity contribution in [3.8, 4) is 17.2 Å². The number of carbonyl (C=O) groups is 1. The lowest BCUT2D eigenvalue weighted by Crippen LogP contribution is -2.40. The van der Waals surface area contributed by atoms with Crippen LogP contribution in [0.15, 0.2) is 62.6 Å². The first-order valence-electron chi connectivity index (χ1n) is 9.97. The van der Waals surface area contributed by atoms with Gasteiger partial charge in [-0.2, -0.15) is 14.8 Å². The Labute approximate surface area is 192 Å². The molecule has 4 rings (SSSR count). The van der Waals surface area contributed by atoms with Crippen LogP contribution in [-0.4, -0.2) is 36.9 Å².